The van der Waals surface area contributed by atoms with Gasteiger partial charge >= 0.3 is 11.9 Å². The Kier molecular flexibility index (Phi) is 9.59. The van der Waals surface area contributed by atoms with E-state index in [1.807, 2.05) is 4.90 Å². The molecular weight excluding hydrogens is 254 g/mol. The van der Waals surface area contributed by atoms with Crippen molar-refractivity contribution in [2.24, 2.45) is 0 Å². The summed E-state index contributed by atoms with van der Waals surface area (Å²) < 4.78 is 0. The number of aliphatic carboxylic acids is 2. The van der Waals surface area contributed by atoms with Gasteiger partial charge in [0.25, 0.3) is 0 Å². The predicted octanol–water partition coefficient (Wildman–Crippen LogP) is -1.77. The highest BCUT2D eigenvalue weighted by atomic mass is 16.4. The van der Waals surface area contributed by atoms with Crippen molar-refractivity contribution < 1.29 is 24.6 Å². The molecule has 0 atom stereocenters. The van der Waals surface area contributed by atoms with Gasteiger partial charge < -0.3 is 20.8 Å². The molecule has 0 heterocycles. The average molecular weight is 275 g/mol. The summed E-state index contributed by atoms with van der Waals surface area (Å²) in [6, 6.07) is 0. The first-order chi connectivity index (χ1) is 8.91. The number of nitrogens with one attached hydrogen (secondary N) is 2. The van der Waals surface area contributed by atoms with Crippen molar-refractivity contribution in [2.75, 3.05) is 45.8 Å². The summed E-state index contributed by atoms with van der Waals surface area (Å²) in [5.41, 5.74) is 0. The standard InChI is InChI=1S/C11H21N3O5/c1-9(15)8-14(4-2-12-6-10(16)17)5-3-13-7-11(18)19/h12-13H,2-8H2,1H3,(H,16,17)(H,18,19). The van der Waals surface area contributed by atoms with E-state index in [4.69, 9.17) is 10.2 Å². The number of carbonyl (C=O) groups is 3. The molecule has 0 saturated carbocycles. The fourth-order valence-corrected chi connectivity index (χ4v) is 1.45. The minimum atomic E-state index is -0.929. The van der Waals surface area contributed by atoms with Crippen LogP contribution in [0.4, 0.5) is 0 Å². The highest BCUT2D eigenvalue weighted by molar-refractivity contribution is 5.77. The summed E-state index contributed by atoms with van der Waals surface area (Å²) >= 11 is 0. The molecule has 0 aromatic rings. The third kappa shape index (κ3) is 12.7. The van der Waals surface area contributed by atoms with Crippen LogP contribution in [0.2, 0.25) is 0 Å². The van der Waals surface area contributed by atoms with Crippen molar-refractivity contribution in [1.29, 1.82) is 0 Å². The topological polar surface area (TPSA) is 119 Å². The van der Waals surface area contributed by atoms with E-state index in [-0.39, 0.29) is 25.4 Å². The van der Waals surface area contributed by atoms with E-state index in [9.17, 15) is 14.4 Å². The first-order valence-corrected chi connectivity index (χ1v) is 5.98. The molecule has 0 saturated heterocycles. The fraction of sp³-hybridized carbons (Fsp3) is 0.727. The van der Waals surface area contributed by atoms with Crippen LogP contribution in [0.1, 0.15) is 6.92 Å². The minimum Gasteiger partial charge on any atom is -0.480 e. The number of carboxylic acid groups (broad SMARTS) is 2. The summed E-state index contributed by atoms with van der Waals surface area (Å²) in [4.78, 5) is 33.5. The summed E-state index contributed by atoms with van der Waals surface area (Å²) in [5.74, 6) is -1.85. The highest BCUT2D eigenvalue weighted by Gasteiger charge is 2.07. The van der Waals surface area contributed by atoms with E-state index < -0.39 is 11.9 Å². The van der Waals surface area contributed by atoms with E-state index in [1.54, 1.807) is 0 Å². The van der Waals surface area contributed by atoms with Crippen molar-refractivity contribution in [3.05, 3.63) is 0 Å². The van der Waals surface area contributed by atoms with E-state index in [2.05, 4.69) is 10.6 Å². The largest absolute Gasteiger partial charge is 0.480 e. The van der Waals surface area contributed by atoms with Crippen LogP contribution in [-0.2, 0) is 14.4 Å². The molecule has 0 bridgehead atoms. The first kappa shape index (κ1) is 17.5. The number of rotatable bonds is 12. The molecule has 0 spiro atoms. The molecule has 0 rings (SSSR count). The predicted molar refractivity (Wildman–Crippen MR) is 68.1 cm³/mol. The van der Waals surface area contributed by atoms with Gasteiger partial charge in [-0.2, -0.15) is 0 Å². The van der Waals surface area contributed by atoms with Gasteiger partial charge in [-0.15, -0.1) is 0 Å². The monoisotopic (exact) mass is 275 g/mol. The Morgan fingerprint density at radius 3 is 1.68 bits per heavy atom. The lowest BCUT2D eigenvalue weighted by atomic mass is 10.3. The van der Waals surface area contributed by atoms with Crippen LogP contribution < -0.4 is 10.6 Å². The van der Waals surface area contributed by atoms with Gasteiger partial charge in [0.2, 0.25) is 0 Å². The Hall–Kier alpha value is -1.51. The van der Waals surface area contributed by atoms with E-state index >= 15 is 0 Å². The third-order valence-electron chi connectivity index (χ3n) is 2.21. The molecule has 0 aliphatic carbocycles. The zero-order valence-electron chi connectivity index (χ0n) is 11.0. The summed E-state index contributed by atoms with van der Waals surface area (Å²) in [7, 11) is 0. The number of hydrogen-bond acceptors (Lipinski definition) is 6. The first-order valence-electron chi connectivity index (χ1n) is 5.98. The number of Topliss-reactive ketones (excluding diaryl/α,β-unsaturated/α-hetero) is 1. The molecule has 0 amide bonds. The lowest BCUT2D eigenvalue weighted by molar-refractivity contribution is -0.136. The molecular formula is C11H21N3O5. The van der Waals surface area contributed by atoms with Crippen LogP contribution in [0.15, 0.2) is 0 Å². The Bertz CT molecular complexity index is 287. The molecule has 0 aromatic carbocycles. The van der Waals surface area contributed by atoms with Crippen LogP contribution in [0.3, 0.4) is 0 Å². The van der Waals surface area contributed by atoms with Crippen molar-refractivity contribution >= 4 is 17.7 Å². The van der Waals surface area contributed by atoms with Crippen molar-refractivity contribution in [3.63, 3.8) is 0 Å². The number of hydrogen-bond donors (Lipinski definition) is 4. The molecule has 8 nitrogen and oxygen atoms in total. The molecule has 0 aromatic heterocycles. The van der Waals surface area contributed by atoms with Gasteiger partial charge in [0, 0.05) is 26.2 Å². The summed E-state index contributed by atoms with van der Waals surface area (Å²) in [6.45, 7) is 3.47. The normalized spacial score (nSPS) is 10.6. The zero-order chi connectivity index (χ0) is 14.7. The van der Waals surface area contributed by atoms with Gasteiger partial charge in [0.05, 0.1) is 19.6 Å². The maximum absolute atomic E-state index is 11.1. The van der Waals surface area contributed by atoms with E-state index in [0.29, 0.717) is 26.2 Å². The maximum atomic E-state index is 11.1. The molecule has 0 fully saturated rings. The van der Waals surface area contributed by atoms with Crippen molar-refractivity contribution in [3.8, 4) is 0 Å². The molecule has 0 aliphatic rings. The zero-order valence-corrected chi connectivity index (χ0v) is 11.0. The second kappa shape index (κ2) is 10.4. The quantitative estimate of drug-likeness (QED) is 0.309. The van der Waals surface area contributed by atoms with Crippen molar-refractivity contribution in [2.45, 2.75) is 6.92 Å². The van der Waals surface area contributed by atoms with Gasteiger partial charge in [0.15, 0.2) is 0 Å². The molecule has 19 heavy (non-hydrogen) atoms. The van der Waals surface area contributed by atoms with Gasteiger partial charge in [0.1, 0.15) is 5.78 Å². The van der Waals surface area contributed by atoms with Gasteiger partial charge in [-0.25, -0.2) is 0 Å². The second-order valence-corrected chi connectivity index (χ2v) is 4.12. The van der Waals surface area contributed by atoms with Gasteiger partial charge in [-0.1, -0.05) is 0 Å². The third-order valence-corrected chi connectivity index (χ3v) is 2.21. The number of ketones is 1. The SMILES string of the molecule is CC(=O)CN(CCNCC(=O)O)CCNCC(=O)O. The van der Waals surface area contributed by atoms with Crippen LogP contribution in [0.5, 0.6) is 0 Å². The Balaban J connectivity index is 3.84. The summed E-state index contributed by atoms with van der Waals surface area (Å²) in [6.07, 6.45) is 0. The lowest BCUT2D eigenvalue weighted by Crippen LogP contribution is -2.40. The molecule has 4 N–H and O–H groups in total. The highest BCUT2D eigenvalue weighted by Crippen LogP contribution is 1.87. The number of nitrogens with zero attached hydrogens (tertiary/aromatic N) is 1. The maximum Gasteiger partial charge on any atom is 0.317 e. The van der Waals surface area contributed by atoms with Crippen LogP contribution in [0.25, 0.3) is 0 Å². The van der Waals surface area contributed by atoms with Crippen molar-refractivity contribution in [1.82, 2.24) is 15.5 Å². The van der Waals surface area contributed by atoms with E-state index in [1.165, 1.54) is 6.92 Å². The second-order valence-electron chi connectivity index (χ2n) is 4.12. The Morgan fingerprint density at radius 2 is 1.37 bits per heavy atom. The Labute approximate surface area is 111 Å². The molecule has 0 aliphatic heterocycles. The molecule has 0 radical (unpaired) electrons. The molecule has 110 valence electrons. The van der Waals surface area contributed by atoms with Crippen LogP contribution in [-0.4, -0.2) is 78.6 Å². The number of carboxylic acids is 2. The average Bonchev–Trinajstić information content (AvgIpc) is 2.28. The van der Waals surface area contributed by atoms with Crippen LogP contribution in [0, 0.1) is 0 Å². The fourth-order valence-electron chi connectivity index (χ4n) is 1.45. The van der Waals surface area contributed by atoms with Gasteiger partial charge in [-0.05, 0) is 6.92 Å². The lowest BCUT2D eigenvalue weighted by Gasteiger charge is -2.21. The van der Waals surface area contributed by atoms with Crippen LogP contribution >= 0.6 is 0 Å². The van der Waals surface area contributed by atoms with Gasteiger partial charge in [-0.3, -0.25) is 19.3 Å². The minimum absolute atomic E-state index is 0.0106. The number of carbonyl (C=O) groups excluding carboxylic acids is 1. The molecule has 8 heteroatoms. The van der Waals surface area contributed by atoms with E-state index in [0.717, 1.165) is 0 Å². The summed E-state index contributed by atoms with van der Waals surface area (Å²) in [5, 5.41) is 22.4. The smallest absolute Gasteiger partial charge is 0.317 e. The molecule has 0 unspecified atom stereocenters. The Morgan fingerprint density at radius 1 is 0.947 bits per heavy atom.